The molecule has 1 rings (SSSR count). The lowest BCUT2D eigenvalue weighted by Gasteiger charge is -1.96. The molecule has 0 aliphatic carbocycles. The van der Waals surface area contributed by atoms with E-state index in [2.05, 4.69) is 20.6 Å². The van der Waals surface area contributed by atoms with Crippen molar-refractivity contribution in [3.8, 4) is 0 Å². The molecule has 0 aromatic heterocycles. The van der Waals surface area contributed by atoms with Crippen LogP contribution in [0.25, 0.3) is 0 Å². The second kappa shape index (κ2) is 8.00. The summed E-state index contributed by atoms with van der Waals surface area (Å²) in [4.78, 5) is 31.3. The Hall–Kier alpha value is -2.21. The van der Waals surface area contributed by atoms with E-state index in [-0.39, 0.29) is 24.4 Å². The molecule has 90 valence electrons. The highest BCUT2D eigenvalue weighted by Gasteiger charge is 1.93. The van der Waals surface area contributed by atoms with Gasteiger partial charge in [-0.15, -0.1) is 5.59 Å². The SMILES string of the molecule is O=C1/C=C\C=C/C(=O)C/C=N\NOO/C=C\C1. The average molecular weight is 236 g/mol. The third-order valence-electron chi connectivity index (χ3n) is 1.67. The van der Waals surface area contributed by atoms with Gasteiger partial charge in [0, 0.05) is 19.1 Å². The summed E-state index contributed by atoms with van der Waals surface area (Å²) >= 11 is 0. The number of allylic oxidation sites excluding steroid dienone is 5. The van der Waals surface area contributed by atoms with Gasteiger partial charge in [0.1, 0.15) is 6.26 Å². The maximum Gasteiger partial charge on any atom is 0.161 e. The summed E-state index contributed by atoms with van der Waals surface area (Å²) in [6.07, 6.45) is 10.1. The van der Waals surface area contributed by atoms with Gasteiger partial charge < -0.3 is 4.89 Å². The van der Waals surface area contributed by atoms with Crippen molar-refractivity contribution in [1.29, 1.82) is 0 Å². The van der Waals surface area contributed by atoms with E-state index < -0.39 is 0 Å². The highest BCUT2D eigenvalue weighted by molar-refractivity contribution is 5.99. The van der Waals surface area contributed by atoms with Gasteiger partial charge in [-0.05, 0) is 23.2 Å². The molecule has 1 aliphatic heterocycles. The Morgan fingerprint density at radius 1 is 1.12 bits per heavy atom. The Kier molecular flexibility index (Phi) is 6.05. The molecule has 6 nitrogen and oxygen atoms in total. The first-order valence-electron chi connectivity index (χ1n) is 4.93. The average Bonchev–Trinajstić information content (AvgIpc) is 2.32. The summed E-state index contributed by atoms with van der Waals surface area (Å²) in [6, 6.07) is 0. The highest BCUT2D eigenvalue weighted by atomic mass is 17.3. The van der Waals surface area contributed by atoms with Gasteiger partial charge in [0.2, 0.25) is 0 Å². The van der Waals surface area contributed by atoms with Crippen molar-refractivity contribution in [2.75, 3.05) is 0 Å². The van der Waals surface area contributed by atoms with E-state index in [9.17, 15) is 9.59 Å². The molecule has 0 aromatic carbocycles. The molecule has 0 atom stereocenters. The maximum atomic E-state index is 11.2. The number of hydrogen-bond acceptors (Lipinski definition) is 6. The van der Waals surface area contributed by atoms with Gasteiger partial charge in [-0.3, -0.25) is 9.59 Å². The summed E-state index contributed by atoms with van der Waals surface area (Å²) in [6.45, 7) is 0. The fourth-order valence-corrected chi connectivity index (χ4v) is 0.909. The van der Waals surface area contributed by atoms with Gasteiger partial charge in [0.25, 0.3) is 0 Å². The number of rotatable bonds is 0. The summed E-state index contributed by atoms with van der Waals surface area (Å²) in [5, 5.41) is 3.55. The molecular weight excluding hydrogens is 224 g/mol. The molecule has 0 saturated heterocycles. The Morgan fingerprint density at radius 3 is 2.59 bits per heavy atom. The normalized spacial score (nSPS) is 25.6. The van der Waals surface area contributed by atoms with Crippen LogP contribution in [0.15, 0.2) is 41.7 Å². The third-order valence-corrected chi connectivity index (χ3v) is 1.67. The molecule has 1 aliphatic rings. The zero-order valence-electron chi connectivity index (χ0n) is 9.04. The summed E-state index contributed by atoms with van der Waals surface area (Å²) in [5.41, 5.74) is 2.11. The molecule has 0 spiro atoms. The van der Waals surface area contributed by atoms with E-state index >= 15 is 0 Å². The zero-order valence-corrected chi connectivity index (χ0v) is 9.04. The highest BCUT2D eigenvalue weighted by Crippen LogP contribution is 1.91. The molecule has 1 N–H and O–H groups in total. The van der Waals surface area contributed by atoms with Crippen LogP contribution in [0, 0.1) is 0 Å². The van der Waals surface area contributed by atoms with E-state index in [0.29, 0.717) is 0 Å². The van der Waals surface area contributed by atoms with Crippen molar-refractivity contribution in [3.63, 3.8) is 0 Å². The third kappa shape index (κ3) is 6.80. The summed E-state index contributed by atoms with van der Waals surface area (Å²) < 4.78 is 0. The number of hydrogen-bond donors (Lipinski definition) is 1. The number of nitrogens with zero attached hydrogens (tertiary/aromatic N) is 1. The van der Waals surface area contributed by atoms with Crippen LogP contribution in [0.4, 0.5) is 0 Å². The number of hydrazone groups is 1. The Bertz CT molecular complexity index is 347. The van der Waals surface area contributed by atoms with Crippen LogP contribution in [-0.2, 0) is 19.5 Å². The molecule has 6 heteroatoms. The minimum Gasteiger partial charge on any atom is -0.321 e. The number of ketones is 2. The Balaban J connectivity index is 2.58. The van der Waals surface area contributed by atoms with Gasteiger partial charge >= 0.3 is 0 Å². The fraction of sp³-hybridized carbons (Fsp3) is 0.182. The first-order chi connectivity index (χ1) is 8.29. The predicted molar refractivity (Wildman–Crippen MR) is 60.5 cm³/mol. The lowest BCUT2D eigenvalue weighted by molar-refractivity contribution is -0.296. The molecule has 0 aromatic rings. The van der Waals surface area contributed by atoms with Crippen LogP contribution >= 0.6 is 0 Å². The molecule has 1 heterocycles. The zero-order chi connectivity index (χ0) is 12.3. The molecular formula is C11H12N2O4. The van der Waals surface area contributed by atoms with Gasteiger partial charge in [0.15, 0.2) is 11.6 Å². The number of nitrogens with one attached hydrogen (secondary N) is 1. The first-order valence-corrected chi connectivity index (χ1v) is 4.93. The van der Waals surface area contributed by atoms with Crippen molar-refractivity contribution >= 4 is 17.8 Å². The van der Waals surface area contributed by atoms with Crippen LogP contribution in [0.3, 0.4) is 0 Å². The molecule has 0 radical (unpaired) electrons. The second-order valence-corrected chi connectivity index (χ2v) is 3.01. The molecule has 0 fully saturated rings. The van der Waals surface area contributed by atoms with Crippen molar-refractivity contribution in [2.45, 2.75) is 12.8 Å². The molecule has 0 saturated carbocycles. The van der Waals surface area contributed by atoms with Crippen molar-refractivity contribution < 1.29 is 19.5 Å². The Labute approximate surface area is 98.2 Å². The number of carbonyl (C=O) groups excluding carboxylic acids is 2. The van der Waals surface area contributed by atoms with E-state index in [1.165, 1.54) is 42.9 Å². The number of carbonyl (C=O) groups is 2. The minimum atomic E-state index is -0.137. The van der Waals surface area contributed by atoms with Crippen LogP contribution < -0.4 is 5.59 Å². The quantitative estimate of drug-likeness (QED) is 0.634. The summed E-state index contributed by atoms with van der Waals surface area (Å²) in [5.74, 6) is -0.248. The van der Waals surface area contributed by atoms with Gasteiger partial charge in [0.05, 0.1) is 0 Å². The predicted octanol–water partition coefficient (Wildman–Crippen LogP) is 0.983. The van der Waals surface area contributed by atoms with Crippen molar-refractivity contribution in [3.05, 3.63) is 36.6 Å². The second-order valence-electron chi connectivity index (χ2n) is 3.01. The van der Waals surface area contributed by atoms with Crippen LogP contribution in [-0.4, -0.2) is 17.8 Å². The lowest BCUT2D eigenvalue weighted by atomic mass is 10.2. The molecule has 17 heavy (non-hydrogen) atoms. The van der Waals surface area contributed by atoms with Gasteiger partial charge in [-0.2, -0.15) is 5.10 Å². The smallest absolute Gasteiger partial charge is 0.161 e. The monoisotopic (exact) mass is 236 g/mol. The first kappa shape index (κ1) is 12.9. The summed E-state index contributed by atoms with van der Waals surface area (Å²) in [7, 11) is 0. The van der Waals surface area contributed by atoms with Crippen LogP contribution in [0.5, 0.6) is 0 Å². The van der Waals surface area contributed by atoms with Crippen LogP contribution in [0.1, 0.15) is 12.8 Å². The molecule has 0 bridgehead atoms. The van der Waals surface area contributed by atoms with E-state index in [4.69, 9.17) is 0 Å². The Morgan fingerprint density at radius 2 is 1.82 bits per heavy atom. The standard InChI is InChI=1S/C11H12N2O4/c14-10-4-1-2-5-11(15)7-8-12-13-17-16-9-3-6-10/h1-5,8-9,13H,6-7H2/b4-1-,5-2-,9-3-,12-8-. The maximum absolute atomic E-state index is 11.2. The minimum absolute atomic E-state index is 0.110. The van der Waals surface area contributed by atoms with E-state index in [1.54, 1.807) is 0 Å². The largest absolute Gasteiger partial charge is 0.321 e. The van der Waals surface area contributed by atoms with Crippen molar-refractivity contribution in [1.82, 2.24) is 5.59 Å². The topological polar surface area (TPSA) is 77.0 Å². The molecule has 0 amide bonds. The van der Waals surface area contributed by atoms with Gasteiger partial charge in [-0.25, -0.2) is 0 Å². The van der Waals surface area contributed by atoms with Crippen LogP contribution in [0.2, 0.25) is 0 Å². The van der Waals surface area contributed by atoms with E-state index in [0.717, 1.165) is 0 Å². The van der Waals surface area contributed by atoms with E-state index in [1.807, 2.05) is 0 Å². The molecule has 0 unspecified atom stereocenters. The lowest BCUT2D eigenvalue weighted by Crippen LogP contribution is -2.06. The van der Waals surface area contributed by atoms with Gasteiger partial charge in [-0.1, -0.05) is 12.2 Å². The van der Waals surface area contributed by atoms with Crippen molar-refractivity contribution in [2.24, 2.45) is 5.10 Å². The fourth-order valence-electron chi connectivity index (χ4n) is 0.909.